The number of carbonyl (C=O) groups is 2. The van der Waals surface area contributed by atoms with E-state index in [-0.39, 0.29) is 37.0 Å². The van der Waals surface area contributed by atoms with Gasteiger partial charge in [0.2, 0.25) is 5.91 Å². The van der Waals surface area contributed by atoms with Gasteiger partial charge < -0.3 is 15.0 Å². The van der Waals surface area contributed by atoms with Crippen molar-refractivity contribution < 1.29 is 18.7 Å². The van der Waals surface area contributed by atoms with Gasteiger partial charge in [0.05, 0.1) is 18.8 Å². The largest absolute Gasteiger partial charge is 0.450 e. The molecular formula is C26H27FN4O4. The van der Waals surface area contributed by atoms with Crippen LogP contribution in [-0.2, 0) is 29.0 Å². The van der Waals surface area contributed by atoms with Crippen LogP contribution in [0.4, 0.5) is 14.9 Å². The van der Waals surface area contributed by atoms with Crippen LogP contribution >= 0.6 is 0 Å². The Morgan fingerprint density at radius 1 is 1.11 bits per heavy atom. The Hall–Kier alpha value is -4.01. The number of benzene rings is 2. The smallest absolute Gasteiger partial charge is 0.410 e. The van der Waals surface area contributed by atoms with Crippen LogP contribution in [0.3, 0.4) is 0 Å². The summed E-state index contributed by atoms with van der Waals surface area (Å²) >= 11 is 0. The molecule has 1 N–H and O–H groups in total. The van der Waals surface area contributed by atoms with Gasteiger partial charge in [0.25, 0.3) is 5.56 Å². The minimum atomic E-state index is -0.472. The maximum atomic E-state index is 13.6. The summed E-state index contributed by atoms with van der Waals surface area (Å²) in [5.41, 5.74) is 3.68. The first-order chi connectivity index (χ1) is 16.7. The molecule has 0 unspecified atom stereocenters. The minimum absolute atomic E-state index is 0.118. The number of anilines is 1. The number of amides is 2. The predicted molar refractivity (Wildman–Crippen MR) is 130 cm³/mol. The van der Waals surface area contributed by atoms with Gasteiger partial charge in [-0.05, 0) is 74.7 Å². The highest BCUT2D eigenvalue weighted by Gasteiger charge is 2.27. The molecule has 0 saturated heterocycles. The summed E-state index contributed by atoms with van der Waals surface area (Å²) in [6.45, 7) is 6.01. The highest BCUT2D eigenvalue weighted by atomic mass is 19.1. The number of ether oxygens (including phenoxy) is 1. The van der Waals surface area contributed by atoms with Gasteiger partial charge in [-0.25, -0.2) is 14.2 Å². The molecule has 0 fully saturated rings. The van der Waals surface area contributed by atoms with E-state index >= 15 is 0 Å². The van der Waals surface area contributed by atoms with Crippen molar-refractivity contribution in [3.63, 3.8) is 0 Å². The van der Waals surface area contributed by atoms with Crippen molar-refractivity contribution in [3.8, 4) is 11.4 Å². The molecule has 0 radical (unpaired) electrons. The molecule has 1 aliphatic heterocycles. The third-order valence-corrected chi connectivity index (χ3v) is 5.76. The summed E-state index contributed by atoms with van der Waals surface area (Å²) in [6, 6.07) is 11.3. The Bertz CT molecular complexity index is 1310. The fraction of sp³-hybridized carbons (Fsp3) is 0.308. The second-order valence-electron chi connectivity index (χ2n) is 8.55. The maximum absolute atomic E-state index is 13.6. The molecule has 0 spiro atoms. The summed E-state index contributed by atoms with van der Waals surface area (Å²) in [5, 5.41) is 2.85. The molecule has 2 aromatic carbocycles. The highest BCUT2D eigenvalue weighted by Crippen LogP contribution is 2.22. The summed E-state index contributed by atoms with van der Waals surface area (Å²) in [6.07, 6.45) is -0.178. The van der Waals surface area contributed by atoms with Crippen LogP contribution in [0.25, 0.3) is 11.4 Å². The summed E-state index contributed by atoms with van der Waals surface area (Å²) in [5.74, 6) is -0.581. The van der Waals surface area contributed by atoms with E-state index < -0.39 is 11.9 Å². The van der Waals surface area contributed by atoms with Crippen LogP contribution in [0.15, 0.2) is 47.3 Å². The van der Waals surface area contributed by atoms with E-state index in [0.29, 0.717) is 35.5 Å². The molecule has 182 valence electrons. The zero-order valence-corrected chi connectivity index (χ0v) is 19.9. The first-order valence-corrected chi connectivity index (χ1v) is 11.4. The van der Waals surface area contributed by atoms with Crippen LogP contribution in [0.5, 0.6) is 0 Å². The lowest BCUT2D eigenvalue weighted by molar-refractivity contribution is -0.116. The quantitative estimate of drug-likeness (QED) is 0.602. The number of halogens is 1. The van der Waals surface area contributed by atoms with Gasteiger partial charge >= 0.3 is 6.09 Å². The molecule has 2 heterocycles. The Kier molecular flexibility index (Phi) is 6.95. The maximum Gasteiger partial charge on any atom is 0.410 e. The Balaban J connectivity index is 1.71. The predicted octanol–water partition coefficient (Wildman–Crippen LogP) is 3.82. The van der Waals surface area contributed by atoms with Crippen molar-refractivity contribution in [1.29, 1.82) is 0 Å². The lowest BCUT2D eigenvalue weighted by atomic mass is 10.1. The lowest BCUT2D eigenvalue weighted by Gasteiger charge is -2.28. The van der Waals surface area contributed by atoms with E-state index in [9.17, 15) is 18.8 Å². The van der Waals surface area contributed by atoms with Crippen LogP contribution in [0, 0.1) is 19.7 Å². The van der Waals surface area contributed by atoms with Crippen molar-refractivity contribution in [2.75, 3.05) is 18.5 Å². The second kappa shape index (κ2) is 10.1. The van der Waals surface area contributed by atoms with Gasteiger partial charge in [-0.2, -0.15) is 0 Å². The van der Waals surface area contributed by atoms with Crippen molar-refractivity contribution in [2.24, 2.45) is 0 Å². The number of aromatic nitrogens is 2. The number of hydrogen-bond donors (Lipinski definition) is 1. The molecule has 0 aliphatic carbocycles. The molecule has 1 aliphatic rings. The molecule has 0 saturated carbocycles. The second-order valence-corrected chi connectivity index (χ2v) is 8.55. The van der Waals surface area contributed by atoms with Crippen LogP contribution in [0.2, 0.25) is 0 Å². The number of rotatable bonds is 5. The summed E-state index contributed by atoms with van der Waals surface area (Å²) < 4.78 is 20.0. The average molecular weight is 479 g/mol. The van der Waals surface area contributed by atoms with Crippen molar-refractivity contribution >= 4 is 17.7 Å². The van der Waals surface area contributed by atoms with Gasteiger partial charge in [0, 0.05) is 23.4 Å². The third kappa shape index (κ3) is 5.40. The lowest BCUT2D eigenvalue weighted by Crippen LogP contribution is -2.42. The number of fused-ring (bicyclic) bond motifs is 1. The Labute approximate surface area is 202 Å². The van der Waals surface area contributed by atoms with Crippen molar-refractivity contribution in [1.82, 2.24) is 14.5 Å². The average Bonchev–Trinajstić information content (AvgIpc) is 2.80. The van der Waals surface area contributed by atoms with Crippen LogP contribution < -0.4 is 10.9 Å². The number of hydrogen-bond acceptors (Lipinski definition) is 5. The molecule has 0 bridgehead atoms. The molecule has 1 aromatic heterocycles. The SMILES string of the molecule is CCOC(=O)N1CCc2c(nc(-c3ccc(F)cc3)n(CC(=O)Nc3cc(C)cc(C)c3)c2=O)C1. The van der Waals surface area contributed by atoms with E-state index in [4.69, 9.17) is 4.74 Å². The van der Waals surface area contributed by atoms with Crippen molar-refractivity contribution in [3.05, 3.63) is 81.0 Å². The van der Waals surface area contributed by atoms with Gasteiger partial charge in [0.1, 0.15) is 18.2 Å². The topological polar surface area (TPSA) is 93.5 Å². The van der Waals surface area contributed by atoms with Crippen molar-refractivity contribution in [2.45, 2.75) is 40.3 Å². The van der Waals surface area contributed by atoms with E-state index in [1.807, 2.05) is 32.0 Å². The van der Waals surface area contributed by atoms with Gasteiger partial charge in [-0.3, -0.25) is 14.2 Å². The van der Waals surface area contributed by atoms with Gasteiger partial charge in [-0.1, -0.05) is 6.07 Å². The third-order valence-electron chi connectivity index (χ3n) is 5.76. The molecular weight excluding hydrogens is 451 g/mol. The van der Waals surface area contributed by atoms with E-state index in [2.05, 4.69) is 10.3 Å². The Morgan fingerprint density at radius 2 is 1.80 bits per heavy atom. The summed E-state index contributed by atoms with van der Waals surface area (Å²) in [7, 11) is 0. The number of aryl methyl sites for hydroxylation is 2. The fourth-order valence-corrected chi connectivity index (χ4v) is 4.25. The first kappa shape index (κ1) is 24.1. The highest BCUT2D eigenvalue weighted by molar-refractivity contribution is 5.91. The van der Waals surface area contributed by atoms with E-state index in [1.165, 1.54) is 33.7 Å². The minimum Gasteiger partial charge on any atom is -0.450 e. The van der Waals surface area contributed by atoms with Crippen LogP contribution in [0.1, 0.15) is 29.3 Å². The van der Waals surface area contributed by atoms with E-state index in [1.54, 1.807) is 6.92 Å². The molecule has 4 rings (SSSR count). The standard InChI is InChI=1S/C26H27FN4O4/c1-4-35-26(34)30-10-9-21-22(14-30)29-24(18-5-7-19(27)8-6-18)31(25(21)33)15-23(32)28-20-12-16(2)11-17(3)13-20/h5-8,11-13H,4,9-10,14-15H2,1-3H3,(H,28,32). The molecule has 0 atom stereocenters. The molecule has 8 nitrogen and oxygen atoms in total. The number of nitrogens with one attached hydrogen (secondary N) is 1. The van der Waals surface area contributed by atoms with Gasteiger partial charge in [-0.15, -0.1) is 0 Å². The number of carbonyl (C=O) groups excluding carboxylic acids is 2. The van der Waals surface area contributed by atoms with Gasteiger partial charge in [0.15, 0.2) is 0 Å². The fourth-order valence-electron chi connectivity index (χ4n) is 4.25. The zero-order valence-electron chi connectivity index (χ0n) is 19.9. The zero-order chi connectivity index (χ0) is 25.1. The normalized spacial score (nSPS) is 12.7. The molecule has 3 aromatic rings. The first-order valence-electron chi connectivity index (χ1n) is 11.4. The van der Waals surface area contributed by atoms with Crippen LogP contribution in [-0.4, -0.2) is 39.6 Å². The monoisotopic (exact) mass is 478 g/mol. The molecule has 2 amide bonds. The van der Waals surface area contributed by atoms with E-state index in [0.717, 1.165) is 11.1 Å². The summed E-state index contributed by atoms with van der Waals surface area (Å²) in [4.78, 5) is 44.8. The molecule has 9 heteroatoms. The number of nitrogens with zero attached hydrogens (tertiary/aromatic N) is 3. The Morgan fingerprint density at radius 3 is 2.46 bits per heavy atom. The molecule has 35 heavy (non-hydrogen) atoms.